The summed E-state index contributed by atoms with van der Waals surface area (Å²) < 4.78 is 0. The van der Waals surface area contributed by atoms with Crippen LogP contribution in [0.4, 0.5) is 0 Å². The summed E-state index contributed by atoms with van der Waals surface area (Å²) >= 11 is 0. The highest BCUT2D eigenvalue weighted by molar-refractivity contribution is 5.75. The second-order valence-electron chi connectivity index (χ2n) is 6.32. The molecule has 1 heterocycles. The van der Waals surface area contributed by atoms with Crippen LogP contribution in [0.2, 0.25) is 0 Å². The summed E-state index contributed by atoms with van der Waals surface area (Å²) in [5.41, 5.74) is 7.13. The fraction of sp³-hybridized carbons (Fsp3) is 0.182. The Balaban J connectivity index is 1.99. The molecule has 2 aromatic rings. The second kappa shape index (κ2) is 6.79. The largest absolute Gasteiger partial charge is 0.516 e. The molecular weight excluding hydrogens is 294 g/mol. The van der Waals surface area contributed by atoms with Crippen LogP contribution < -0.4 is 0 Å². The first-order valence-electron chi connectivity index (χ1n) is 8.19. The Hall–Kier alpha value is -2.74. The molecule has 0 saturated carbocycles. The van der Waals surface area contributed by atoms with E-state index in [0.29, 0.717) is 0 Å². The maximum Gasteiger partial charge on any atom is 0.0797 e. The van der Waals surface area contributed by atoms with E-state index in [9.17, 15) is 5.11 Å². The first-order valence-corrected chi connectivity index (χ1v) is 8.19. The average molecular weight is 317 g/mol. The number of aliphatic hydroxyl groups excluding tert-OH is 1. The summed E-state index contributed by atoms with van der Waals surface area (Å²) in [7, 11) is 2.10. The topological polar surface area (TPSA) is 23.5 Å². The summed E-state index contributed by atoms with van der Waals surface area (Å²) in [5, 5.41) is 9.27. The van der Waals surface area contributed by atoms with Gasteiger partial charge in [-0.2, -0.15) is 0 Å². The molecule has 0 saturated heterocycles. The molecule has 122 valence electrons. The summed E-state index contributed by atoms with van der Waals surface area (Å²) in [6.07, 6.45) is 9.50. The van der Waals surface area contributed by atoms with E-state index in [4.69, 9.17) is 0 Å². The van der Waals surface area contributed by atoms with E-state index in [2.05, 4.69) is 80.5 Å². The molecule has 1 atom stereocenters. The minimum Gasteiger partial charge on any atom is -0.516 e. The lowest BCUT2D eigenvalue weighted by atomic mass is 9.91. The number of likely N-dealkylation sites (N-methyl/N-ethyl adjacent to an activating group) is 1. The quantitative estimate of drug-likeness (QED) is 0.764. The second-order valence-corrected chi connectivity index (χ2v) is 6.32. The maximum absolute atomic E-state index is 9.27. The molecule has 2 aromatic carbocycles. The monoisotopic (exact) mass is 317 g/mol. The van der Waals surface area contributed by atoms with Crippen molar-refractivity contribution in [3.05, 3.63) is 94.9 Å². The Kier molecular flexibility index (Phi) is 4.57. The van der Waals surface area contributed by atoms with Crippen molar-refractivity contribution in [2.45, 2.75) is 19.9 Å². The van der Waals surface area contributed by atoms with Gasteiger partial charge in [0.1, 0.15) is 0 Å². The van der Waals surface area contributed by atoms with Gasteiger partial charge in [0, 0.05) is 13.2 Å². The van der Waals surface area contributed by atoms with Gasteiger partial charge in [0.05, 0.1) is 12.3 Å². The van der Waals surface area contributed by atoms with Gasteiger partial charge in [0.25, 0.3) is 0 Å². The Morgan fingerprint density at radius 1 is 1.08 bits per heavy atom. The number of aryl methyl sites for hydroxylation is 2. The van der Waals surface area contributed by atoms with E-state index in [1.807, 2.05) is 6.07 Å². The molecule has 3 rings (SSSR count). The van der Waals surface area contributed by atoms with Crippen molar-refractivity contribution >= 4 is 11.6 Å². The lowest BCUT2D eigenvalue weighted by Gasteiger charge is -2.30. The molecule has 24 heavy (non-hydrogen) atoms. The molecule has 1 aliphatic heterocycles. The van der Waals surface area contributed by atoms with Gasteiger partial charge in [-0.15, -0.1) is 0 Å². The first kappa shape index (κ1) is 16.1. The highest BCUT2D eigenvalue weighted by atomic mass is 16.2. The third kappa shape index (κ3) is 3.13. The summed E-state index contributed by atoms with van der Waals surface area (Å²) in [4.78, 5) is 2.23. The molecule has 0 aliphatic carbocycles. The zero-order chi connectivity index (χ0) is 17.1. The maximum atomic E-state index is 9.27. The van der Waals surface area contributed by atoms with E-state index in [-0.39, 0.29) is 6.04 Å². The predicted octanol–water partition coefficient (Wildman–Crippen LogP) is 5.42. The molecule has 1 aliphatic rings. The Morgan fingerprint density at radius 3 is 2.50 bits per heavy atom. The van der Waals surface area contributed by atoms with Crippen LogP contribution in [0.25, 0.3) is 11.6 Å². The zero-order valence-corrected chi connectivity index (χ0v) is 14.4. The van der Waals surface area contributed by atoms with Gasteiger partial charge in [0.15, 0.2) is 0 Å². The van der Waals surface area contributed by atoms with Crippen molar-refractivity contribution in [1.82, 2.24) is 4.90 Å². The van der Waals surface area contributed by atoms with Crippen molar-refractivity contribution < 1.29 is 5.11 Å². The first-order chi connectivity index (χ1) is 11.6. The Bertz CT molecular complexity index is 815. The molecule has 0 bridgehead atoms. The third-order valence-electron chi connectivity index (χ3n) is 4.47. The van der Waals surface area contributed by atoms with Crippen molar-refractivity contribution in [1.29, 1.82) is 0 Å². The number of hydrogen-bond acceptors (Lipinski definition) is 2. The van der Waals surface area contributed by atoms with Crippen molar-refractivity contribution in [2.75, 3.05) is 7.05 Å². The van der Waals surface area contributed by atoms with Crippen LogP contribution in [0, 0.1) is 13.8 Å². The summed E-state index contributed by atoms with van der Waals surface area (Å²) in [6, 6.07) is 14.9. The fourth-order valence-electron chi connectivity index (χ4n) is 3.36. The van der Waals surface area contributed by atoms with Crippen LogP contribution >= 0.6 is 0 Å². The molecule has 0 aromatic heterocycles. The minimum absolute atomic E-state index is 0.155. The van der Waals surface area contributed by atoms with E-state index >= 15 is 0 Å². The lowest BCUT2D eigenvalue weighted by Crippen LogP contribution is -2.21. The van der Waals surface area contributed by atoms with Crippen LogP contribution in [0.5, 0.6) is 0 Å². The molecule has 0 fully saturated rings. The summed E-state index contributed by atoms with van der Waals surface area (Å²) in [5.74, 6) is 0. The van der Waals surface area contributed by atoms with Crippen LogP contribution in [0.15, 0.2) is 67.1 Å². The predicted molar refractivity (Wildman–Crippen MR) is 102 cm³/mol. The van der Waals surface area contributed by atoms with E-state index in [0.717, 1.165) is 11.8 Å². The van der Waals surface area contributed by atoms with Crippen molar-refractivity contribution in [3.8, 4) is 0 Å². The van der Waals surface area contributed by atoms with E-state index < -0.39 is 0 Å². The number of aliphatic hydroxyl groups is 1. The van der Waals surface area contributed by atoms with Gasteiger partial charge >= 0.3 is 0 Å². The van der Waals surface area contributed by atoms with Crippen molar-refractivity contribution in [3.63, 3.8) is 0 Å². The molecule has 2 nitrogen and oxygen atoms in total. The van der Waals surface area contributed by atoms with Gasteiger partial charge in [-0.3, -0.25) is 0 Å². The van der Waals surface area contributed by atoms with E-state index in [1.165, 1.54) is 27.8 Å². The average Bonchev–Trinajstić information content (AvgIpc) is 2.58. The number of nitrogens with zero attached hydrogens (tertiary/aromatic N) is 1. The standard InChI is InChI=1S/C22H23NO/c1-16-13-17(2)20(11-12-24)21(14-16)22-10-9-19(15-23(22)3)18-7-5-4-6-8-18/h4-15,22,24H,1-3H3/b12-11+. The van der Waals surface area contributed by atoms with Crippen LogP contribution in [-0.4, -0.2) is 17.1 Å². The van der Waals surface area contributed by atoms with Crippen LogP contribution in [0.3, 0.4) is 0 Å². The van der Waals surface area contributed by atoms with Crippen molar-refractivity contribution in [2.24, 2.45) is 0 Å². The normalized spacial score (nSPS) is 17.4. The van der Waals surface area contributed by atoms with Gasteiger partial charge < -0.3 is 10.0 Å². The molecule has 1 unspecified atom stereocenters. The lowest BCUT2D eigenvalue weighted by molar-refractivity contribution is 0.391. The Labute approximate surface area is 144 Å². The Morgan fingerprint density at radius 2 is 1.83 bits per heavy atom. The number of rotatable bonds is 3. The molecule has 0 radical (unpaired) electrons. The number of hydrogen-bond donors (Lipinski definition) is 1. The SMILES string of the molecule is Cc1cc(C)c(/C=C/O)c(C2C=CC(c3ccccc3)=CN2C)c1. The number of allylic oxidation sites excluding steroid dienone is 2. The highest BCUT2D eigenvalue weighted by Crippen LogP contribution is 2.33. The fourth-order valence-corrected chi connectivity index (χ4v) is 3.36. The molecule has 1 N–H and O–H groups in total. The summed E-state index contributed by atoms with van der Waals surface area (Å²) in [6.45, 7) is 4.20. The van der Waals surface area contributed by atoms with Crippen LogP contribution in [0.1, 0.15) is 33.9 Å². The molecule has 2 heteroatoms. The molecule has 0 amide bonds. The highest BCUT2D eigenvalue weighted by Gasteiger charge is 2.20. The van der Waals surface area contributed by atoms with Crippen LogP contribution in [-0.2, 0) is 0 Å². The number of benzene rings is 2. The smallest absolute Gasteiger partial charge is 0.0797 e. The minimum atomic E-state index is 0.155. The van der Waals surface area contributed by atoms with Gasteiger partial charge in [-0.1, -0.05) is 60.2 Å². The third-order valence-corrected chi connectivity index (χ3v) is 4.47. The molecule has 0 spiro atoms. The molecular formula is C22H23NO. The van der Waals surface area contributed by atoms with E-state index in [1.54, 1.807) is 6.08 Å². The van der Waals surface area contributed by atoms with Gasteiger partial charge in [-0.25, -0.2) is 0 Å². The van der Waals surface area contributed by atoms with Gasteiger partial charge in [0.2, 0.25) is 0 Å². The van der Waals surface area contributed by atoms with Gasteiger partial charge in [-0.05, 0) is 47.8 Å². The zero-order valence-electron chi connectivity index (χ0n) is 14.4.